The highest BCUT2D eigenvalue weighted by Crippen LogP contribution is 2.32. The fourth-order valence-corrected chi connectivity index (χ4v) is 1.78. The van der Waals surface area contributed by atoms with Crippen LogP contribution in [0.15, 0.2) is 18.2 Å². The Morgan fingerprint density at radius 1 is 1.30 bits per heavy atom. The average Bonchev–Trinajstić information content (AvgIpc) is 2.34. The first-order valence-corrected chi connectivity index (χ1v) is 6.06. The lowest BCUT2D eigenvalue weighted by atomic mass is 10.0. The van der Waals surface area contributed by atoms with Crippen molar-refractivity contribution >= 4 is 12.4 Å². The van der Waals surface area contributed by atoms with Gasteiger partial charge in [-0.15, -0.1) is 25.6 Å². The summed E-state index contributed by atoms with van der Waals surface area (Å²) < 4.78 is 45.5. The van der Waals surface area contributed by atoms with Gasteiger partial charge in [0, 0.05) is 11.6 Å². The van der Waals surface area contributed by atoms with Crippen molar-refractivity contribution in [2.75, 3.05) is 7.11 Å². The fraction of sp³-hybridized carbons (Fsp3) is 0.538. The van der Waals surface area contributed by atoms with Crippen molar-refractivity contribution in [1.82, 2.24) is 0 Å². The molecule has 0 aromatic heterocycles. The van der Waals surface area contributed by atoms with Gasteiger partial charge in [-0.25, -0.2) is 0 Å². The summed E-state index contributed by atoms with van der Waals surface area (Å²) in [6.45, 7) is 2.02. The molecule has 0 amide bonds. The third-order valence-corrected chi connectivity index (χ3v) is 2.70. The minimum absolute atomic E-state index is 0. The Morgan fingerprint density at radius 2 is 1.95 bits per heavy atom. The minimum Gasteiger partial charge on any atom is -0.496 e. The molecule has 20 heavy (non-hydrogen) atoms. The molecule has 3 nitrogen and oxygen atoms in total. The topological polar surface area (TPSA) is 44.5 Å². The van der Waals surface area contributed by atoms with Gasteiger partial charge in [-0.1, -0.05) is 19.8 Å². The first-order chi connectivity index (χ1) is 8.87. The Bertz CT molecular complexity index is 413. The average molecular weight is 314 g/mol. The highest BCUT2D eigenvalue weighted by molar-refractivity contribution is 5.85. The third-order valence-electron chi connectivity index (χ3n) is 2.70. The maximum atomic E-state index is 12.2. The first kappa shape index (κ1) is 18.9. The normalized spacial score (nSPS) is 12.5. The molecule has 0 aliphatic carbocycles. The second-order valence-electron chi connectivity index (χ2n) is 4.20. The van der Waals surface area contributed by atoms with Crippen LogP contribution in [0.4, 0.5) is 13.2 Å². The van der Waals surface area contributed by atoms with E-state index in [1.54, 1.807) is 0 Å². The molecule has 0 unspecified atom stereocenters. The Hall–Kier alpha value is -1.14. The minimum atomic E-state index is -4.71. The Labute approximate surface area is 122 Å². The van der Waals surface area contributed by atoms with Crippen molar-refractivity contribution in [3.63, 3.8) is 0 Å². The van der Waals surface area contributed by atoms with Crippen molar-refractivity contribution < 1.29 is 22.6 Å². The van der Waals surface area contributed by atoms with E-state index in [2.05, 4.69) is 4.74 Å². The van der Waals surface area contributed by atoms with Crippen molar-refractivity contribution in [3.8, 4) is 11.5 Å². The summed E-state index contributed by atoms with van der Waals surface area (Å²) in [5, 5.41) is 0. The maximum absolute atomic E-state index is 12.2. The SMILES string of the molecule is CCCC[C@@H](N)c1cc(OC(F)(F)F)ccc1OC.Cl. The number of hydrogen-bond donors (Lipinski definition) is 1. The van der Waals surface area contributed by atoms with Crippen LogP contribution in [0.2, 0.25) is 0 Å². The van der Waals surface area contributed by atoms with Crippen LogP contribution in [0.3, 0.4) is 0 Å². The summed E-state index contributed by atoms with van der Waals surface area (Å²) >= 11 is 0. The highest BCUT2D eigenvalue weighted by atomic mass is 35.5. The highest BCUT2D eigenvalue weighted by Gasteiger charge is 2.31. The van der Waals surface area contributed by atoms with E-state index in [4.69, 9.17) is 10.5 Å². The molecule has 1 aromatic carbocycles. The van der Waals surface area contributed by atoms with Crippen LogP contribution in [0, 0.1) is 0 Å². The smallest absolute Gasteiger partial charge is 0.496 e. The molecule has 1 atom stereocenters. The van der Waals surface area contributed by atoms with Crippen LogP contribution in [-0.4, -0.2) is 13.5 Å². The molecule has 0 spiro atoms. The number of rotatable bonds is 6. The number of ether oxygens (including phenoxy) is 2. The van der Waals surface area contributed by atoms with E-state index >= 15 is 0 Å². The molecular weight excluding hydrogens is 295 g/mol. The summed E-state index contributed by atoms with van der Waals surface area (Å²) in [5.74, 6) is 0.188. The van der Waals surface area contributed by atoms with Gasteiger partial charge in [0.25, 0.3) is 0 Å². The lowest BCUT2D eigenvalue weighted by Gasteiger charge is -2.17. The zero-order valence-electron chi connectivity index (χ0n) is 11.4. The first-order valence-electron chi connectivity index (χ1n) is 6.06. The molecule has 0 radical (unpaired) electrons. The monoisotopic (exact) mass is 313 g/mol. The quantitative estimate of drug-likeness (QED) is 0.855. The summed E-state index contributed by atoms with van der Waals surface area (Å²) in [6, 6.07) is 3.56. The molecule has 0 heterocycles. The van der Waals surface area contributed by atoms with Gasteiger partial charge in [0.1, 0.15) is 11.5 Å². The van der Waals surface area contributed by atoms with E-state index < -0.39 is 6.36 Å². The molecule has 0 saturated heterocycles. The zero-order chi connectivity index (χ0) is 14.5. The van der Waals surface area contributed by atoms with Crippen molar-refractivity contribution in [3.05, 3.63) is 23.8 Å². The summed E-state index contributed by atoms with van der Waals surface area (Å²) in [6.07, 6.45) is -2.16. The van der Waals surface area contributed by atoms with Gasteiger partial charge >= 0.3 is 6.36 Å². The third kappa shape index (κ3) is 5.88. The predicted molar refractivity (Wildman–Crippen MR) is 73.4 cm³/mol. The molecule has 1 aromatic rings. The summed E-state index contributed by atoms with van der Waals surface area (Å²) in [7, 11) is 1.45. The maximum Gasteiger partial charge on any atom is 0.573 e. The summed E-state index contributed by atoms with van der Waals surface area (Å²) in [4.78, 5) is 0. The molecule has 0 fully saturated rings. The Morgan fingerprint density at radius 3 is 2.45 bits per heavy atom. The largest absolute Gasteiger partial charge is 0.573 e. The van der Waals surface area contributed by atoms with Gasteiger partial charge in [-0.05, 0) is 24.6 Å². The van der Waals surface area contributed by atoms with Crippen LogP contribution in [-0.2, 0) is 0 Å². The second-order valence-corrected chi connectivity index (χ2v) is 4.20. The number of methoxy groups -OCH3 is 1. The van der Waals surface area contributed by atoms with E-state index in [0.717, 1.165) is 12.8 Å². The molecule has 2 N–H and O–H groups in total. The van der Waals surface area contributed by atoms with Gasteiger partial charge < -0.3 is 15.2 Å². The van der Waals surface area contributed by atoms with E-state index in [1.807, 2.05) is 6.92 Å². The van der Waals surface area contributed by atoms with Crippen LogP contribution < -0.4 is 15.2 Å². The Kier molecular flexibility index (Phi) is 7.75. The molecule has 7 heteroatoms. The molecule has 0 saturated carbocycles. The zero-order valence-corrected chi connectivity index (χ0v) is 12.2. The van der Waals surface area contributed by atoms with Crippen LogP contribution in [0.25, 0.3) is 0 Å². The Balaban J connectivity index is 0.00000361. The van der Waals surface area contributed by atoms with Gasteiger partial charge in [-0.3, -0.25) is 0 Å². The lowest BCUT2D eigenvalue weighted by Crippen LogP contribution is -2.18. The second kappa shape index (κ2) is 8.21. The number of halogens is 4. The van der Waals surface area contributed by atoms with Crippen LogP contribution >= 0.6 is 12.4 Å². The van der Waals surface area contributed by atoms with Gasteiger partial charge in [-0.2, -0.15) is 0 Å². The van der Waals surface area contributed by atoms with E-state index in [0.29, 0.717) is 17.7 Å². The van der Waals surface area contributed by atoms with Crippen molar-refractivity contribution in [2.24, 2.45) is 5.73 Å². The molecule has 0 bridgehead atoms. The number of nitrogens with two attached hydrogens (primary N) is 1. The standard InChI is InChI=1S/C13H18F3NO2.ClH/c1-3-4-5-11(17)10-8-9(19-13(14,15)16)6-7-12(10)18-2;/h6-8,11H,3-5,17H2,1-2H3;1H/t11-;/m1./s1. The van der Waals surface area contributed by atoms with Gasteiger partial charge in [0.05, 0.1) is 7.11 Å². The van der Waals surface area contributed by atoms with E-state index in [1.165, 1.54) is 25.3 Å². The fourth-order valence-electron chi connectivity index (χ4n) is 1.78. The predicted octanol–water partition coefficient (Wildman–Crippen LogP) is 4.21. The van der Waals surface area contributed by atoms with Gasteiger partial charge in [0.2, 0.25) is 0 Å². The van der Waals surface area contributed by atoms with Gasteiger partial charge in [0.15, 0.2) is 0 Å². The molecule has 116 valence electrons. The molecule has 0 aliphatic rings. The van der Waals surface area contributed by atoms with Crippen LogP contribution in [0.1, 0.15) is 37.8 Å². The van der Waals surface area contributed by atoms with Crippen molar-refractivity contribution in [1.29, 1.82) is 0 Å². The molecule has 1 rings (SSSR count). The number of alkyl halides is 3. The molecule has 0 aliphatic heterocycles. The summed E-state index contributed by atoms with van der Waals surface area (Å²) in [5.41, 5.74) is 6.50. The van der Waals surface area contributed by atoms with E-state index in [9.17, 15) is 13.2 Å². The van der Waals surface area contributed by atoms with Crippen molar-refractivity contribution in [2.45, 2.75) is 38.6 Å². The number of unbranched alkanes of at least 4 members (excludes halogenated alkanes) is 1. The molecular formula is C13H19ClF3NO2. The lowest BCUT2D eigenvalue weighted by molar-refractivity contribution is -0.274. The van der Waals surface area contributed by atoms with E-state index in [-0.39, 0.29) is 24.2 Å². The number of hydrogen-bond acceptors (Lipinski definition) is 3. The van der Waals surface area contributed by atoms with Crippen LogP contribution in [0.5, 0.6) is 11.5 Å². The number of benzene rings is 1.